The summed E-state index contributed by atoms with van der Waals surface area (Å²) in [6, 6.07) is 10.3. The maximum Gasteiger partial charge on any atom is 0.191 e. The van der Waals surface area contributed by atoms with E-state index in [-0.39, 0.29) is 0 Å². The number of thioether (sulfide) groups is 1. The van der Waals surface area contributed by atoms with Gasteiger partial charge in [-0.3, -0.25) is 0 Å². The van der Waals surface area contributed by atoms with Crippen molar-refractivity contribution in [2.24, 2.45) is 7.05 Å². The number of aromatic nitrogens is 4. The van der Waals surface area contributed by atoms with Crippen molar-refractivity contribution < 1.29 is 0 Å². The molecule has 4 nitrogen and oxygen atoms in total. The number of hydrogen-bond donors (Lipinski definition) is 0. The molecule has 6 heteroatoms. The molecule has 3 aromatic rings. The molecule has 0 radical (unpaired) electrons. The molecule has 0 fully saturated rings. The molecule has 0 aliphatic rings. The first-order chi connectivity index (χ1) is 10.6. The van der Waals surface area contributed by atoms with Gasteiger partial charge in [0, 0.05) is 29.7 Å². The molecule has 114 valence electrons. The van der Waals surface area contributed by atoms with Gasteiger partial charge in [-0.05, 0) is 0 Å². The van der Waals surface area contributed by atoms with Crippen molar-refractivity contribution in [3.05, 3.63) is 47.2 Å². The summed E-state index contributed by atoms with van der Waals surface area (Å²) in [6.07, 6.45) is 0. The summed E-state index contributed by atoms with van der Waals surface area (Å²) in [6.45, 7) is 4.26. The molecule has 0 aliphatic carbocycles. The molecule has 0 N–H and O–H groups in total. The van der Waals surface area contributed by atoms with Crippen LogP contribution in [0.1, 0.15) is 31.3 Å². The van der Waals surface area contributed by atoms with Crippen LogP contribution >= 0.6 is 23.1 Å². The molecule has 0 aliphatic heterocycles. The van der Waals surface area contributed by atoms with E-state index >= 15 is 0 Å². The third kappa shape index (κ3) is 3.23. The van der Waals surface area contributed by atoms with Crippen LogP contribution in [0.4, 0.5) is 0 Å². The minimum absolute atomic E-state index is 0.385. The molecule has 3 rings (SSSR count). The molecule has 0 saturated heterocycles. The highest BCUT2D eigenvalue weighted by Gasteiger charge is 2.13. The Balaban J connectivity index is 1.69. The average molecular weight is 330 g/mol. The zero-order valence-corrected chi connectivity index (χ0v) is 14.5. The molecular formula is C16H18N4S2. The molecule has 0 amide bonds. The Morgan fingerprint density at radius 2 is 1.95 bits per heavy atom. The molecule has 0 spiro atoms. The Kier molecular flexibility index (Phi) is 4.59. The Morgan fingerprint density at radius 1 is 1.18 bits per heavy atom. The number of nitrogens with zero attached hydrogens (tertiary/aromatic N) is 4. The SMILES string of the molecule is CC(C)c1nnc(SCc2csc(-c3ccccc3)n2)n1C. The van der Waals surface area contributed by atoms with Gasteiger partial charge in [0.1, 0.15) is 10.8 Å². The van der Waals surface area contributed by atoms with Crippen molar-refractivity contribution in [1.82, 2.24) is 19.7 Å². The van der Waals surface area contributed by atoms with Crippen LogP contribution in [0.15, 0.2) is 40.9 Å². The van der Waals surface area contributed by atoms with E-state index in [0.717, 1.165) is 27.4 Å². The van der Waals surface area contributed by atoms with Crippen LogP contribution < -0.4 is 0 Å². The van der Waals surface area contributed by atoms with Crippen LogP contribution in [0, 0.1) is 0 Å². The van der Waals surface area contributed by atoms with Gasteiger partial charge in [-0.25, -0.2) is 4.98 Å². The largest absolute Gasteiger partial charge is 0.309 e. The molecular weight excluding hydrogens is 312 g/mol. The van der Waals surface area contributed by atoms with E-state index < -0.39 is 0 Å². The maximum absolute atomic E-state index is 4.71. The van der Waals surface area contributed by atoms with E-state index in [2.05, 4.69) is 46.1 Å². The maximum atomic E-state index is 4.71. The van der Waals surface area contributed by atoms with Gasteiger partial charge in [-0.15, -0.1) is 21.5 Å². The molecule has 0 bridgehead atoms. The Hall–Kier alpha value is -1.66. The van der Waals surface area contributed by atoms with Crippen molar-refractivity contribution in [3.63, 3.8) is 0 Å². The van der Waals surface area contributed by atoms with Crippen molar-refractivity contribution in [1.29, 1.82) is 0 Å². The minimum atomic E-state index is 0.385. The summed E-state index contributed by atoms with van der Waals surface area (Å²) in [5.41, 5.74) is 2.26. The first-order valence-electron chi connectivity index (χ1n) is 7.17. The van der Waals surface area contributed by atoms with Gasteiger partial charge >= 0.3 is 0 Å². The first kappa shape index (κ1) is 15.2. The van der Waals surface area contributed by atoms with Gasteiger partial charge in [0.15, 0.2) is 5.16 Å². The van der Waals surface area contributed by atoms with E-state index in [9.17, 15) is 0 Å². The van der Waals surface area contributed by atoms with Crippen LogP contribution in [0.5, 0.6) is 0 Å². The Labute approximate surface area is 138 Å². The standard InChI is InChI=1S/C16H18N4S2/c1-11(2)14-18-19-16(20(14)3)22-10-13-9-21-15(17-13)12-7-5-4-6-8-12/h4-9,11H,10H2,1-3H3. The van der Waals surface area contributed by atoms with Crippen molar-refractivity contribution in [3.8, 4) is 10.6 Å². The summed E-state index contributed by atoms with van der Waals surface area (Å²) in [4.78, 5) is 4.71. The van der Waals surface area contributed by atoms with Crippen LogP contribution in [-0.2, 0) is 12.8 Å². The summed E-state index contributed by atoms with van der Waals surface area (Å²) in [7, 11) is 2.02. The predicted octanol–water partition coefficient (Wildman–Crippen LogP) is 4.35. The first-order valence-corrected chi connectivity index (χ1v) is 9.03. The monoisotopic (exact) mass is 330 g/mol. The van der Waals surface area contributed by atoms with Gasteiger partial charge in [-0.2, -0.15) is 0 Å². The highest BCUT2D eigenvalue weighted by atomic mass is 32.2. The van der Waals surface area contributed by atoms with Gasteiger partial charge < -0.3 is 4.57 Å². The lowest BCUT2D eigenvalue weighted by molar-refractivity contribution is 0.680. The number of rotatable bonds is 5. The van der Waals surface area contributed by atoms with Crippen LogP contribution in [0.2, 0.25) is 0 Å². The molecule has 0 saturated carbocycles. The summed E-state index contributed by atoms with van der Waals surface area (Å²) in [5, 5.41) is 12.7. The zero-order chi connectivity index (χ0) is 15.5. The lowest BCUT2D eigenvalue weighted by Gasteiger charge is -2.05. The predicted molar refractivity (Wildman–Crippen MR) is 92.2 cm³/mol. The highest BCUT2D eigenvalue weighted by Crippen LogP contribution is 2.27. The van der Waals surface area contributed by atoms with Gasteiger partial charge in [-0.1, -0.05) is 55.9 Å². The molecule has 22 heavy (non-hydrogen) atoms. The highest BCUT2D eigenvalue weighted by molar-refractivity contribution is 7.98. The zero-order valence-electron chi connectivity index (χ0n) is 12.9. The van der Waals surface area contributed by atoms with Crippen LogP contribution in [0.3, 0.4) is 0 Å². The summed E-state index contributed by atoms with van der Waals surface area (Å²) < 4.78 is 2.07. The minimum Gasteiger partial charge on any atom is -0.309 e. The van der Waals surface area contributed by atoms with E-state index in [4.69, 9.17) is 4.98 Å². The molecule has 1 aromatic carbocycles. The fourth-order valence-corrected chi connectivity index (χ4v) is 3.92. The van der Waals surface area contributed by atoms with Gasteiger partial charge in [0.05, 0.1) is 5.69 Å². The van der Waals surface area contributed by atoms with Gasteiger partial charge in [0.2, 0.25) is 0 Å². The second kappa shape index (κ2) is 6.62. The van der Waals surface area contributed by atoms with Crippen molar-refractivity contribution in [2.45, 2.75) is 30.7 Å². The second-order valence-corrected chi connectivity index (χ2v) is 7.15. The second-order valence-electron chi connectivity index (χ2n) is 5.35. The Bertz CT molecular complexity index is 747. The van der Waals surface area contributed by atoms with E-state index in [0.29, 0.717) is 5.92 Å². The van der Waals surface area contributed by atoms with E-state index in [1.54, 1.807) is 23.1 Å². The number of thiazole rings is 1. The molecule has 2 heterocycles. The van der Waals surface area contributed by atoms with Gasteiger partial charge in [0.25, 0.3) is 0 Å². The average Bonchev–Trinajstić information content (AvgIpc) is 3.13. The lowest BCUT2D eigenvalue weighted by atomic mass is 10.2. The van der Waals surface area contributed by atoms with Crippen molar-refractivity contribution >= 4 is 23.1 Å². The lowest BCUT2D eigenvalue weighted by Crippen LogP contribution is -2.00. The van der Waals surface area contributed by atoms with Crippen LogP contribution in [0.25, 0.3) is 10.6 Å². The third-order valence-corrected chi connectivity index (χ3v) is 5.30. The topological polar surface area (TPSA) is 43.6 Å². The molecule has 2 aromatic heterocycles. The quantitative estimate of drug-likeness (QED) is 0.652. The summed E-state index contributed by atoms with van der Waals surface area (Å²) in [5.74, 6) is 2.22. The summed E-state index contributed by atoms with van der Waals surface area (Å²) >= 11 is 3.37. The number of hydrogen-bond acceptors (Lipinski definition) is 5. The fourth-order valence-electron chi connectivity index (χ4n) is 2.18. The fraction of sp³-hybridized carbons (Fsp3) is 0.312. The smallest absolute Gasteiger partial charge is 0.191 e. The van der Waals surface area contributed by atoms with E-state index in [1.165, 1.54) is 5.56 Å². The van der Waals surface area contributed by atoms with Crippen LogP contribution in [-0.4, -0.2) is 19.7 Å². The molecule has 0 atom stereocenters. The Morgan fingerprint density at radius 3 is 2.64 bits per heavy atom. The normalized spacial score (nSPS) is 11.3. The number of benzene rings is 1. The van der Waals surface area contributed by atoms with Crippen molar-refractivity contribution in [2.75, 3.05) is 0 Å². The van der Waals surface area contributed by atoms with E-state index in [1.807, 2.05) is 25.2 Å². The molecule has 0 unspecified atom stereocenters. The third-order valence-electron chi connectivity index (χ3n) is 3.31.